The summed E-state index contributed by atoms with van der Waals surface area (Å²) < 4.78 is 0. The van der Waals surface area contributed by atoms with Crippen LogP contribution in [0.2, 0.25) is 0 Å². The van der Waals surface area contributed by atoms with E-state index in [0.29, 0.717) is 11.8 Å². The van der Waals surface area contributed by atoms with Crippen molar-refractivity contribution in [3.05, 3.63) is 16.1 Å². The number of hydrogen-bond donors (Lipinski definition) is 1. The van der Waals surface area contributed by atoms with Crippen molar-refractivity contribution in [2.24, 2.45) is 5.92 Å². The second kappa shape index (κ2) is 6.01. The highest BCUT2D eigenvalue weighted by atomic mass is 32.1. The molecule has 0 radical (unpaired) electrons. The molecule has 0 aliphatic heterocycles. The second-order valence-electron chi connectivity index (χ2n) is 5.36. The van der Waals surface area contributed by atoms with Crippen LogP contribution in [0, 0.1) is 5.92 Å². The highest BCUT2D eigenvalue weighted by Crippen LogP contribution is 2.36. The molecule has 2 aromatic rings. The van der Waals surface area contributed by atoms with Crippen molar-refractivity contribution in [2.45, 2.75) is 40.0 Å². The summed E-state index contributed by atoms with van der Waals surface area (Å²) >= 11 is 3.44. The minimum atomic E-state index is 0.437. The normalized spacial score (nSPS) is 11.5. The smallest absolute Gasteiger partial charge is 0.182 e. The zero-order chi connectivity index (χ0) is 14.0. The van der Waals surface area contributed by atoms with Gasteiger partial charge in [-0.1, -0.05) is 27.7 Å². The molecular formula is C14H21N3S2. The van der Waals surface area contributed by atoms with Gasteiger partial charge in [-0.25, -0.2) is 9.97 Å². The third-order valence-corrected chi connectivity index (χ3v) is 4.75. The van der Waals surface area contributed by atoms with Gasteiger partial charge >= 0.3 is 0 Å². The molecule has 3 nitrogen and oxygen atoms in total. The number of aromatic nitrogens is 2. The molecule has 0 saturated carbocycles. The summed E-state index contributed by atoms with van der Waals surface area (Å²) in [5.41, 5.74) is 2.25. The van der Waals surface area contributed by atoms with E-state index in [-0.39, 0.29) is 0 Å². The summed E-state index contributed by atoms with van der Waals surface area (Å²) in [6.45, 7) is 8.86. The van der Waals surface area contributed by atoms with E-state index in [1.807, 2.05) is 7.05 Å². The fraction of sp³-hybridized carbons (Fsp3) is 0.571. The van der Waals surface area contributed by atoms with Crippen molar-refractivity contribution >= 4 is 27.8 Å². The van der Waals surface area contributed by atoms with Crippen molar-refractivity contribution in [3.8, 4) is 10.6 Å². The van der Waals surface area contributed by atoms with Crippen molar-refractivity contribution in [1.29, 1.82) is 0 Å². The largest absolute Gasteiger partial charge is 0.365 e. The first-order valence-electron chi connectivity index (χ1n) is 6.64. The van der Waals surface area contributed by atoms with Gasteiger partial charge in [-0.15, -0.1) is 22.7 Å². The maximum Gasteiger partial charge on any atom is 0.182 e. The molecular weight excluding hydrogens is 274 g/mol. The molecule has 1 N–H and O–H groups in total. The Labute approximate surface area is 123 Å². The highest BCUT2D eigenvalue weighted by molar-refractivity contribution is 7.16. The van der Waals surface area contributed by atoms with Crippen LogP contribution in [-0.2, 0) is 6.42 Å². The Morgan fingerprint density at radius 3 is 2.47 bits per heavy atom. The number of thiazole rings is 2. The van der Waals surface area contributed by atoms with Gasteiger partial charge in [0.25, 0.3) is 0 Å². The lowest BCUT2D eigenvalue weighted by molar-refractivity contribution is 0.641. The van der Waals surface area contributed by atoms with Gasteiger partial charge in [0.1, 0.15) is 0 Å². The lowest BCUT2D eigenvalue weighted by Gasteiger charge is -2.02. The average Bonchev–Trinajstić information content (AvgIpc) is 2.93. The number of nitrogens with one attached hydrogen (secondary N) is 1. The summed E-state index contributed by atoms with van der Waals surface area (Å²) in [5, 5.41) is 7.40. The van der Waals surface area contributed by atoms with Gasteiger partial charge in [-0.05, 0) is 11.8 Å². The van der Waals surface area contributed by atoms with Gasteiger partial charge in [-0.3, -0.25) is 0 Å². The monoisotopic (exact) mass is 295 g/mol. The van der Waals surface area contributed by atoms with Crippen molar-refractivity contribution in [3.63, 3.8) is 0 Å². The van der Waals surface area contributed by atoms with Crippen LogP contribution in [0.5, 0.6) is 0 Å². The third-order valence-electron chi connectivity index (χ3n) is 2.78. The number of anilines is 1. The summed E-state index contributed by atoms with van der Waals surface area (Å²) in [7, 11) is 1.91. The van der Waals surface area contributed by atoms with Crippen LogP contribution in [0.3, 0.4) is 0 Å². The van der Waals surface area contributed by atoms with Crippen LogP contribution in [-0.4, -0.2) is 17.0 Å². The van der Waals surface area contributed by atoms with Gasteiger partial charge in [0.05, 0.1) is 21.3 Å². The molecule has 0 bridgehead atoms. The minimum absolute atomic E-state index is 0.437. The van der Waals surface area contributed by atoms with Crippen LogP contribution in [0.1, 0.15) is 44.3 Å². The van der Waals surface area contributed by atoms with E-state index in [2.05, 4.69) is 43.4 Å². The van der Waals surface area contributed by atoms with E-state index < -0.39 is 0 Å². The van der Waals surface area contributed by atoms with E-state index in [4.69, 9.17) is 4.98 Å². The Balaban J connectivity index is 2.39. The van der Waals surface area contributed by atoms with Crippen LogP contribution >= 0.6 is 22.7 Å². The molecule has 19 heavy (non-hydrogen) atoms. The van der Waals surface area contributed by atoms with E-state index >= 15 is 0 Å². The Morgan fingerprint density at radius 2 is 1.95 bits per heavy atom. The Bertz CT molecular complexity index is 541. The Morgan fingerprint density at radius 1 is 1.21 bits per heavy atom. The molecule has 0 aliphatic rings. The van der Waals surface area contributed by atoms with Gasteiger partial charge in [-0.2, -0.15) is 0 Å². The van der Waals surface area contributed by atoms with Gasteiger partial charge in [0, 0.05) is 18.8 Å². The molecule has 2 aromatic heterocycles. The molecule has 5 heteroatoms. The number of hydrogen-bond acceptors (Lipinski definition) is 5. The molecule has 0 aliphatic carbocycles. The maximum atomic E-state index is 4.82. The summed E-state index contributed by atoms with van der Waals surface area (Å²) in [6, 6.07) is 0. The predicted octanol–water partition coefficient (Wildman–Crippen LogP) is 4.63. The zero-order valence-corrected chi connectivity index (χ0v) is 13.8. The predicted molar refractivity (Wildman–Crippen MR) is 85.4 cm³/mol. The molecule has 0 saturated heterocycles. The van der Waals surface area contributed by atoms with Gasteiger partial charge in [0.15, 0.2) is 5.13 Å². The summed E-state index contributed by atoms with van der Waals surface area (Å²) in [6.07, 6.45) is 1.05. The lowest BCUT2D eigenvalue weighted by atomic mass is 10.1. The molecule has 0 aromatic carbocycles. The van der Waals surface area contributed by atoms with Crippen molar-refractivity contribution in [2.75, 3.05) is 12.4 Å². The fourth-order valence-corrected chi connectivity index (χ4v) is 4.01. The Kier molecular flexibility index (Phi) is 4.58. The average molecular weight is 295 g/mol. The van der Waals surface area contributed by atoms with Crippen LogP contribution in [0.4, 0.5) is 5.13 Å². The summed E-state index contributed by atoms with van der Waals surface area (Å²) in [5.74, 6) is 1.08. The van der Waals surface area contributed by atoms with E-state index in [0.717, 1.165) is 17.2 Å². The first kappa shape index (κ1) is 14.5. The van der Waals surface area contributed by atoms with Gasteiger partial charge in [0.2, 0.25) is 0 Å². The Hall–Kier alpha value is -0.940. The van der Waals surface area contributed by atoms with Crippen molar-refractivity contribution < 1.29 is 0 Å². The molecule has 0 atom stereocenters. The molecule has 2 heterocycles. The molecule has 2 rings (SSSR count). The first-order valence-corrected chi connectivity index (χ1v) is 8.34. The second-order valence-corrected chi connectivity index (χ2v) is 7.30. The zero-order valence-electron chi connectivity index (χ0n) is 12.2. The van der Waals surface area contributed by atoms with Crippen LogP contribution < -0.4 is 5.32 Å². The first-order chi connectivity index (χ1) is 9.01. The maximum absolute atomic E-state index is 4.82. The molecule has 0 fully saturated rings. The van der Waals surface area contributed by atoms with E-state index in [1.165, 1.54) is 15.6 Å². The van der Waals surface area contributed by atoms with Gasteiger partial charge < -0.3 is 5.32 Å². The SMILES string of the molecule is CNc1nc(-c2sc(CC(C)C)nc2C(C)C)cs1. The van der Waals surface area contributed by atoms with Crippen molar-refractivity contribution in [1.82, 2.24) is 9.97 Å². The standard InChI is InChI=1S/C14H21N3S2/c1-8(2)6-11-17-12(9(3)4)13(19-11)10-7-18-14(15-5)16-10/h7-9H,6H2,1-5H3,(H,15,16). The van der Waals surface area contributed by atoms with E-state index in [9.17, 15) is 0 Å². The third kappa shape index (κ3) is 3.34. The molecule has 0 spiro atoms. The quantitative estimate of drug-likeness (QED) is 0.874. The molecule has 0 unspecified atom stereocenters. The fourth-order valence-electron chi connectivity index (χ4n) is 1.88. The van der Waals surface area contributed by atoms with E-state index in [1.54, 1.807) is 22.7 Å². The highest BCUT2D eigenvalue weighted by Gasteiger charge is 2.18. The summed E-state index contributed by atoms with van der Waals surface area (Å²) in [4.78, 5) is 10.7. The van der Waals surface area contributed by atoms with Crippen LogP contribution in [0.15, 0.2) is 5.38 Å². The van der Waals surface area contributed by atoms with Crippen LogP contribution in [0.25, 0.3) is 10.6 Å². The number of nitrogens with zero attached hydrogens (tertiary/aromatic N) is 2. The molecule has 104 valence electrons. The number of rotatable bonds is 5. The lowest BCUT2D eigenvalue weighted by Crippen LogP contribution is -1.95. The topological polar surface area (TPSA) is 37.8 Å². The minimum Gasteiger partial charge on any atom is -0.365 e. The molecule has 0 amide bonds.